The number of benzene rings is 12. The Labute approximate surface area is 645 Å². The Morgan fingerprint density at radius 1 is 0.181 bits per heavy atom. The fourth-order valence-electron chi connectivity index (χ4n) is 13.0. The van der Waals surface area contributed by atoms with E-state index < -0.39 is 0 Å². The van der Waals surface area contributed by atoms with Crippen LogP contribution in [0.25, 0.3) is 65.7 Å². The van der Waals surface area contributed by atoms with E-state index in [2.05, 4.69) is 299 Å². The van der Waals surface area contributed by atoms with Crippen LogP contribution in [-0.4, -0.2) is 0 Å². The topological polar surface area (TPSA) is 0 Å². The molecule has 3 aliphatic carbocycles. The van der Waals surface area contributed by atoms with Crippen LogP contribution in [0.5, 0.6) is 0 Å². The summed E-state index contributed by atoms with van der Waals surface area (Å²) in [5.74, 6) is 0. The van der Waals surface area contributed by atoms with Gasteiger partial charge in [-0.15, -0.1) is 0 Å². The predicted octanol–water partition coefficient (Wildman–Crippen LogP) is 32.6. The third kappa shape index (κ3) is 27.7. The number of aryl methyl sites for hydroxylation is 9. The number of fused-ring (bicyclic) bond motifs is 14. The summed E-state index contributed by atoms with van der Waals surface area (Å²) in [5.41, 5.74) is 30.6. The highest BCUT2D eigenvalue weighted by Gasteiger charge is 2.22. The minimum Gasteiger partial charge on any atom is -0.0683 e. The van der Waals surface area contributed by atoms with Crippen LogP contribution in [0.3, 0.4) is 0 Å². The summed E-state index contributed by atoms with van der Waals surface area (Å²) in [6.07, 6.45) is 13.6. The van der Waals surface area contributed by atoms with E-state index in [9.17, 15) is 0 Å². The maximum absolute atomic E-state index is 2.34. The Kier molecular flexibility index (Phi) is 50.2. The Bertz CT molecular complexity index is 3960. The van der Waals surface area contributed by atoms with Crippen molar-refractivity contribution in [3.8, 4) is 33.4 Å². The Morgan fingerprint density at radius 3 is 0.829 bits per heavy atom. The summed E-state index contributed by atoms with van der Waals surface area (Å²) in [6, 6.07) is 86.7. The van der Waals surface area contributed by atoms with E-state index in [1.807, 2.05) is 125 Å². The van der Waals surface area contributed by atoms with Crippen molar-refractivity contribution in [2.24, 2.45) is 0 Å². The SMILES string of the molecule is CC.CC.CC.CC.CC.CC.CC.CC.CC.CCc1cc(CC)cc(CC)c1.CCc1cc(CC)cc(CC)c1.CCc1cc(CC)cc(CC)c1.c1ccc2c(c1)Cc1c-2ccc2ccccc12.c1ccc2c(c1)Cc1cc3ccccc3cc1-2.c1ccc2c(c1)Cc1ccc3ccccc3c1-2. The first-order valence-electron chi connectivity index (χ1n) is 41.8. The summed E-state index contributed by atoms with van der Waals surface area (Å²) in [4.78, 5) is 0. The fourth-order valence-corrected chi connectivity index (χ4v) is 13.0. The number of hydrogen-bond acceptors (Lipinski definition) is 0. The van der Waals surface area contributed by atoms with E-state index in [-0.39, 0.29) is 0 Å². The maximum atomic E-state index is 2.34. The summed E-state index contributed by atoms with van der Waals surface area (Å²) in [6.45, 7) is 55.9. The van der Waals surface area contributed by atoms with Crippen LogP contribution in [-0.2, 0) is 77.0 Å². The first-order valence-corrected chi connectivity index (χ1v) is 41.8. The van der Waals surface area contributed by atoms with Gasteiger partial charge in [0.15, 0.2) is 0 Å². The average molecular weight is 1410 g/mol. The fraction of sp³-hybridized carbons (Fsp3) is 0.371. The highest BCUT2D eigenvalue weighted by atomic mass is 14.3. The van der Waals surface area contributed by atoms with Gasteiger partial charge in [-0.1, -0.05) is 417 Å². The number of hydrogen-bond donors (Lipinski definition) is 0. The summed E-state index contributed by atoms with van der Waals surface area (Å²) < 4.78 is 0. The second-order valence-corrected chi connectivity index (χ2v) is 23.6. The Morgan fingerprint density at radius 2 is 0.448 bits per heavy atom. The van der Waals surface area contributed by atoms with Crippen molar-refractivity contribution in [3.63, 3.8) is 0 Å². The van der Waals surface area contributed by atoms with Gasteiger partial charge in [0.25, 0.3) is 0 Å². The molecule has 0 saturated heterocycles. The average Bonchev–Trinajstić information content (AvgIpc) is 1.65. The van der Waals surface area contributed by atoms with E-state index in [1.54, 1.807) is 0 Å². The molecule has 0 spiro atoms. The lowest BCUT2D eigenvalue weighted by molar-refractivity contribution is 1.04. The molecule has 3 aliphatic rings. The van der Waals surface area contributed by atoms with Crippen LogP contribution >= 0.6 is 0 Å². The van der Waals surface area contributed by atoms with Crippen LogP contribution in [0.2, 0.25) is 0 Å². The van der Waals surface area contributed by atoms with E-state index in [0.717, 1.165) is 77.0 Å². The van der Waals surface area contributed by atoms with Crippen molar-refractivity contribution in [2.75, 3.05) is 0 Å². The van der Waals surface area contributed by atoms with Gasteiger partial charge in [0.2, 0.25) is 0 Å². The third-order valence-corrected chi connectivity index (χ3v) is 18.1. The third-order valence-electron chi connectivity index (χ3n) is 18.1. The highest BCUT2D eigenvalue weighted by Crippen LogP contribution is 2.43. The molecular weight excluding hydrogens is 1260 g/mol. The van der Waals surface area contributed by atoms with Crippen LogP contribution < -0.4 is 0 Å². The Balaban J connectivity index is 0.000000607. The second kappa shape index (κ2) is 55.8. The van der Waals surface area contributed by atoms with Crippen molar-refractivity contribution < 1.29 is 0 Å². The van der Waals surface area contributed by atoms with E-state index in [1.165, 1.54) is 149 Å². The molecule has 0 nitrogen and oxygen atoms in total. The van der Waals surface area contributed by atoms with Gasteiger partial charge in [-0.2, -0.15) is 0 Å². The predicted molar refractivity (Wildman–Crippen MR) is 482 cm³/mol. The lowest BCUT2D eigenvalue weighted by Gasteiger charge is -2.06. The van der Waals surface area contributed by atoms with Crippen molar-refractivity contribution in [2.45, 2.75) is 264 Å². The zero-order valence-corrected chi connectivity index (χ0v) is 71.5. The summed E-state index contributed by atoms with van der Waals surface area (Å²) in [7, 11) is 0. The molecule has 0 N–H and O–H groups in total. The quantitative estimate of drug-likeness (QED) is 0.135. The molecule has 0 aliphatic heterocycles. The molecule has 0 heteroatoms. The zero-order valence-electron chi connectivity index (χ0n) is 71.5. The first kappa shape index (κ1) is 94.4. The van der Waals surface area contributed by atoms with Gasteiger partial charge in [0.05, 0.1) is 0 Å². The highest BCUT2D eigenvalue weighted by molar-refractivity contribution is 6.01. The molecule has 0 bridgehead atoms. The minimum absolute atomic E-state index is 1.08. The molecule has 15 rings (SSSR count). The van der Waals surface area contributed by atoms with E-state index >= 15 is 0 Å². The molecular formula is C105H144. The summed E-state index contributed by atoms with van der Waals surface area (Å²) in [5, 5.41) is 8.15. The first-order chi connectivity index (χ1) is 51.7. The van der Waals surface area contributed by atoms with Crippen molar-refractivity contribution in [3.05, 3.63) is 320 Å². The molecule has 0 saturated carbocycles. The van der Waals surface area contributed by atoms with Crippen molar-refractivity contribution in [1.29, 1.82) is 0 Å². The molecule has 0 atom stereocenters. The molecule has 12 aromatic rings. The van der Waals surface area contributed by atoms with Crippen LogP contribution in [0.4, 0.5) is 0 Å². The van der Waals surface area contributed by atoms with Gasteiger partial charge in [0.1, 0.15) is 0 Å². The molecule has 0 unspecified atom stereocenters. The monoisotopic (exact) mass is 1410 g/mol. The van der Waals surface area contributed by atoms with Crippen molar-refractivity contribution in [1.82, 2.24) is 0 Å². The largest absolute Gasteiger partial charge is 0.0683 e. The van der Waals surface area contributed by atoms with Crippen molar-refractivity contribution >= 4 is 32.3 Å². The second-order valence-electron chi connectivity index (χ2n) is 23.6. The lowest BCUT2D eigenvalue weighted by Crippen LogP contribution is -1.90. The molecule has 0 aromatic heterocycles. The molecule has 564 valence electrons. The number of rotatable bonds is 9. The molecule has 12 aromatic carbocycles. The van der Waals surface area contributed by atoms with Gasteiger partial charge >= 0.3 is 0 Å². The molecule has 0 fully saturated rings. The zero-order chi connectivity index (χ0) is 78.7. The molecule has 0 heterocycles. The van der Waals surface area contributed by atoms with E-state index in [4.69, 9.17) is 0 Å². The molecule has 0 amide bonds. The van der Waals surface area contributed by atoms with E-state index in [0.29, 0.717) is 0 Å². The summed E-state index contributed by atoms with van der Waals surface area (Å²) >= 11 is 0. The van der Waals surface area contributed by atoms with Crippen LogP contribution in [0, 0.1) is 0 Å². The lowest BCUT2D eigenvalue weighted by atomic mass is 9.98. The minimum atomic E-state index is 1.08. The molecule has 0 radical (unpaired) electrons. The van der Waals surface area contributed by atoms with Crippen LogP contribution in [0.1, 0.15) is 270 Å². The Hall–Kier alpha value is -8.58. The van der Waals surface area contributed by atoms with Gasteiger partial charge in [-0.3, -0.25) is 0 Å². The molecule has 105 heavy (non-hydrogen) atoms. The van der Waals surface area contributed by atoms with Crippen LogP contribution in [0.15, 0.2) is 237 Å². The normalized spacial score (nSPS) is 10.1. The maximum Gasteiger partial charge on any atom is -0.000729 e. The standard InChI is InChI=1S/3C17H12.3C12H18.9C2H6/c1-3-7-15-12(5-1)9-10-14-11-13-6-2-4-8-16(13)17(14)15;1-3-7-14-12(5-1)9-10-16-15-8-4-2-6-13(15)11-17(14)16;1-2-6-13-11-17-15(9-12(13)5-1)10-14-7-3-4-8-16(14)17;3*1-4-10-7-11(5-2)9-12(6-3)8-10;9*1-2/h2*1-10H,11H2;1-9,11H,10H2;3*7-9H,4-6H2,1-3H3;9*1-2H3. The smallest absolute Gasteiger partial charge is 0.000729 e. The van der Waals surface area contributed by atoms with Gasteiger partial charge < -0.3 is 0 Å². The van der Waals surface area contributed by atoms with Gasteiger partial charge in [0, 0.05) is 0 Å². The van der Waals surface area contributed by atoms with Gasteiger partial charge in [-0.25, -0.2) is 0 Å². The van der Waals surface area contributed by atoms with Gasteiger partial charge in [-0.05, 0) is 232 Å².